The number of non-ortho nitro benzene ring substituents is 1. The largest absolute Gasteiger partial charge is 0.365 e. The van der Waals surface area contributed by atoms with Crippen molar-refractivity contribution < 1.29 is 9.72 Å². The molecule has 0 bridgehead atoms. The van der Waals surface area contributed by atoms with Gasteiger partial charge in [-0.1, -0.05) is 0 Å². The standard InChI is InChI=1S/C16H20N4O3/c1-16(2,3)18-15(21)10-19(4)13-5-6-14(20(22)23)12-9-17-8-7-11(12)13/h5-9H,10H2,1-4H3,(H,18,21). The van der Waals surface area contributed by atoms with Gasteiger partial charge in [-0.15, -0.1) is 0 Å². The van der Waals surface area contributed by atoms with Gasteiger partial charge in [0.15, 0.2) is 0 Å². The van der Waals surface area contributed by atoms with Crippen molar-refractivity contribution >= 4 is 28.1 Å². The van der Waals surface area contributed by atoms with Gasteiger partial charge in [0.1, 0.15) is 0 Å². The third-order valence-corrected chi connectivity index (χ3v) is 3.28. The Morgan fingerprint density at radius 3 is 2.61 bits per heavy atom. The van der Waals surface area contributed by atoms with E-state index in [0.717, 1.165) is 5.69 Å². The number of carbonyl (C=O) groups is 1. The van der Waals surface area contributed by atoms with Gasteiger partial charge in [-0.05, 0) is 32.9 Å². The van der Waals surface area contributed by atoms with Crippen LogP contribution in [0.3, 0.4) is 0 Å². The zero-order valence-electron chi connectivity index (χ0n) is 13.7. The molecule has 1 aromatic carbocycles. The molecule has 0 atom stereocenters. The topological polar surface area (TPSA) is 88.4 Å². The number of rotatable bonds is 4. The molecule has 2 rings (SSSR count). The molecule has 0 aliphatic carbocycles. The second-order valence-electron chi connectivity index (χ2n) is 6.44. The summed E-state index contributed by atoms with van der Waals surface area (Å²) >= 11 is 0. The van der Waals surface area contributed by atoms with E-state index in [9.17, 15) is 14.9 Å². The molecule has 0 saturated carbocycles. The summed E-state index contributed by atoms with van der Waals surface area (Å²) in [7, 11) is 1.78. The Kier molecular flexibility index (Phi) is 4.49. The lowest BCUT2D eigenvalue weighted by molar-refractivity contribution is -0.383. The van der Waals surface area contributed by atoms with Crippen LogP contribution in [0.4, 0.5) is 11.4 Å². The van der Waals surface area contributed by atoms with Crippen LogP contribution in [0.1, 0.15) is 20.8 Å². The second kappa shape index (κ2) is 6.20. The van der Waals surface area contributed by atoms with Crippen LogP contribution in [0, 0.1) is 10.1 Å². The number of hydrogen-bond acceptors (Lipinski definition) is 5. The summed E-state index contributed by atoms with van der Waals surface area (Å²) in [4.78, 5) is 28.5. The highest BCUT2D eigenvalue weighted by atomic mass is 16.6. The van der Waals surface area contributed by atoms with Crippen LogP contribution in [-0.2, 0) is 4.79 Å². The number of anilines is 1. The highest BCUT2D eigenvalue weighted by Crippen LogP contribution is 2.32. The van der Waals surface area contributed by atoms with E-state index < -0.39 is 4.92 Å². The first-order valence-corrected chi connectivity index (χ1v) is 7.22. The predicted molar refractivity (Wildman–Crippen MR) is 89.6 cm³/mol. The average Bonchev–Trinajstić information content (AvgIpc) is 2.43. The molecule has 0 radical (unpaired) electrons. The van der Waals surface area contributed by atoms with E-state index in [1.807, 2.05) is 20.8 Å². The summed E-state index contributed by atoms with van der Waals surface area (Å²) in [5.74, 6) is -0.111. The van der Waals surface area contributed by atoms with E-state index in [-0.39, 0.29) is 23.7 Å². The molecule has 1 aromatic heterocycles. The van der Waals surface area contributed by atoms with Gasteiger partial charge in [0.2, 0.25) is 5.91 Å². The minimum absolute atomic E-state index is 0.00407. The number of fused-ring (bicyclic) bond motifs is 1. The molecule has 7 nitrogen and oxygen atoms in total. The number of pyridine rings is 1. The number of nitrogens with zero attached hydrogens (tertiary/aromatic N) is 3. The summed E-state index contributed by atoms with van der Waals surface area (Å²) in [5.41, 5.74) is 0.445. The first kappa shape index (κ1) is 16.7. The van der Waals surface area contributed by atoms with Crippen LogP contribution in [0.2, 0.25) is 0 Å². The monoisotopic (exact) mass is 316 g/mol. The summed E-state index contributed by atoms with van der Waals surface area (Å²) in [6.45, 7) is 5.90. The minimum atomic E-state index is -0.430. The maximum atomic E-state index is 12.1. The Balaban J connectivity index is 2.35. The zero-order valence-corrected chi connectivity index (χ0v) is 13.7. The van der Waals surface area contributed by atoms with Gasteiger partial charge in [0.05, 0.1) is 16.9 Å². The SMILES string of the molecule is CN(CC(=O)NC(C)(C)C)c1ccc([N+](=O)[O-])c2cnccc12. The number of nitro benzene ring substituents is 1. The quantitative estimate of drug-likeness (QED) is 0.691. The van der Waals surface area contributed by atoms with Crippen LogP contribution in [0.15, 0.2) is 30.6 Å². The molecule has 0 unspecified atom stereocenters. The maximum absolute atomic E-state index is 12.1. The molecule has 1 heterocycles. The van der Waals surface area contributed by atoms with E-state index in [1.54, 1.807) is 30.3 Å². The van der Waals surface area contributed by atoms with Crippen LogP contribution in [0.25, 0.3) is 10.8 Å². The molecule has 7 heteroatoms. The fraction of sp³-hybridized carbons (Fsp3) is 0.375. The molecular weight excluding hydrogens is 296 g/mol. The fourth-order valence-corrected chi connectivity index (χ4v) is 2.41. The van der Waals surface area contributed by atoms with E-state index in [4.69, 9.17) is 0 Å². The zero-order chi connectivity index (χ0) is 17.2. The van der Waals surface area contributed by atoms with Crippen LogP contribution < -0.4 is 10.2 Å². The molecule has 0 spiro atoms. The number of aromatic nitrogens is 1. The second-order valence-corrected chi connectivity index (χ2v) is 6.44. The van der Waals surface area contributed by atoms with Gasteiger partial charge in [0.25, 0.3) is 5.69 Å². The number of likely N-dealkylation sites (N-methyl/N-ethyl adjacent to an activating group) is 1. The molecule has 1 N–H and O–H groups in total. The molecule has 0 aliphatic rings. The Morgan fingerprint density at radius 2 is 2.00 bits per heavy atom. The number of carbonyl (C=O) groups excluding carboxylic acids is 1. The van der Waals surface area contributed by atoms with Crippen LogP contribution in [-0.4, -0.2) is 34.9 Å². The lowest BCUT2D eigenvalue weighted by Gasteiger charge is -2.25. The summed E-state index contributed by atoms with van der Waals surface area (Å²) in [5, 5.41) is 15.2. The third kappa shape index (κ3) is 3.94. The van der Waals surface area contributed by atoms with E-state index in [1.165, 1.54) is 12.3 Å². The van der Waals surface area contributed by atoms with Crippen molar-refractivity contribution in [3.63, 3.8) is 0 Å². The summed E-state index contributed by atoms with van der Waals surface area (Å²) in [6, 6.07) is 4.82. The van der Waals surface area contributed by atoms with Gasteiger partial charge in [-0.3, -0.25) is 19.9 Å². The minimum Gasteiger partial charge on any atom is -0.365 e. The summed E-state index contributed by atoms with van der Waals surface area (Å²) in [6.07, 6.45) is 3.05. The Hall–Kier alpha value is -2.70. The van der Waals surface area contributed by atoms with Crippen molar-refractivity contribution in [2.75, 3.05) is 18.5 Å². The van der Waals surface area contributed by atoms with Crippen molar-refractivity contribution in [3.8, 4) is 0 Å². The predicted octanol–water partition coefficient (Wildman–Crippen LogP) is 2.49. The Bertz CT molecular complexity index is 753. The Morgan fingerprint density at radius 1 is 1.30 bits per heavy atom. The average molecular weight is 316 g/mol. The molecular formula is C16H20N4O3. The van der Waals surface area contributed by atoms with Crippen LogP contribution >= 0.6 is 0 Å². The fourth-order valence-electron chi connectivity index (χ4n) is 2.41. The van der Waals surface area contributed by atoms with Gasteiger partial charge in [-0.2, -0.15) is 0 Å². The number of nitro groups is 1. The normalized spacial score (nSPS) is 11.3. The molecule has 122 valence electrons. The number of amides is 1. The molecule has 0 fully saturated rings. The molecule has 0 saturated heterocycles. The lowest BCUT2D eigenvalue weighted by atomic mass is 10.1. The number of nitrogens with one attached hydrogen (secondary N) is 1. The number of hydrogen-bond donors (Lipinski definition) is 1. The smallest absolute Gasteiger partial charge is 0.278 e. The van der Waals surface area contributed by atoms with Crippen molar-refractivity contribution in [3.05, 3.63) is 40.7 Å². The van der Waals surface area contributed by atoms with E-state index >= 15 is 0 Å². The molecule has 23 heavy (non-hydrogen) atoms. The van der Waals surface area contributed by atoms with Crippen molar-refractivity contribution in [2.24, 2.45) is 0 Å². The molecule has 1 amide bonds. The third-order valence-electron chi connectivity index (χ3n) is 3.28. The van der Waals surface area contributed by atoms with Crippen molar-refractivity contribution in [1.82, 2.24) is 10.3 Å². The first-order valence-electron chi connectivity index (χ1n) is 7.22. The highest BCUT2D eigenvalue weighted by molar-refractivity contribution is 6.00. The van der Waals surface area contributed by atoms with Gasteiger partial charge >= 0.3 is 0 Å². The van der Waals surface area contributed by atoms with E-state index in [0.29, 0.717) is 10.8 Å². The van der Waals surface area contributed by atoms with Crippen molar-refractivity contribution in [1.29, 1.82) is 0 Å². The van der Waals surface area contributed by atoms with Crippen molar-refractivity contribution in [2.45, 2.75) is 26.3 Å². The first-order chi connectivity index (χ1) is 10.7. The van der Waals surface area contributed by atoms with Crippen LogP contribution in [0.5, 0.6) is 0 Å². The maximum Gasteiger partial charge on any atom is 0.278 e. The lowest BCUT2D eigenvalue weighted by Crippen LogP contribution is -2.45. The number of benzene rings is 1. The van der Waals surface area contributed by atoms with Gasteiger partial charge in [0, 0.05) is 42.1 Å². The van der Waals surface area contributed by atoms with Gasteiger partial charge < -0.3 is 10.2 Å². The van der Waals surface area contributed by atoms with E-state index in [2.05, 4.69) is 10.3 Å². The van der Waals surface area contributed by atoms with Gasteiger partial charge in [-0.25, -0.2) is 0 Å². The summed E-state index contributed by atoms with van der Waals surface area (Å²) < 4.78 is 0. The Labute approximate surface area is 134 Å². The molecule has 0 aliphatic heterocycles. The molecule has 2 aromatic rings. The highest BCUT2D eigenvalue weighted by Gasteiger charge is 2.19.